The maximum Gasteiger partial charge on any atom is 0.222 e. The van der Waals surface area contributed by atoms with Gasteiger partial charge in [-0.15, -0.1) is 0 Å². The number of nitrogens with one attached hydrogen (secondary N) is 2. The van der Waals surface area contributed by atoms with Crippen molar-refractivity contribution in [2.75, 3.05) is 30.4 Å². The lowest BCUT2D eigenvalue weighted by atomic mass is 9.95. The van der Waals surface area contributed by atoms with Crippen molar-refractivity contribution in [1.29, 1.82) is 0 Å². The van der Waals surface area contributed by atoms with E-state index in [2.05, 4.69) is 25.5 Å². The quantitative estimate of drug-likeness (QED) is 0.375. The normalized spacial score (nSPS) is 16.0. The fourth-order valence-corrected chi connectivity index (χ4v) is 5.09. The van der Waals surface area contributed by atoms with Crippen molar-refractivity contribution in [3.63, 3.8) is 0 Å². The lowest BCUT2D eigenvalue weighted by Gasteiger charge is -2.33. The summed E-state index contributed by atoms with van der Waals surface area (Å²) in [6.45, 7) is 1.40. The van der Waals surface area contributed by atoms with Crippen molar-refractivity contribution in [2.24, 2.45) is 5.92 Å². The van der Waals surface area contributed by atoms with Crippen LogP contribution in [-0.2, 0) is 4.79 Å². The number of carbonyl (C=O) groups is 1. The number of hydrogen-bond acceptors (Lipinski definition) is 7. The topological polar surface area (TPSA) is 95.9 Å². The molecule has 194 valence electrons. The van der Waals surface area contributed by atoms with Gasteiger partial charge in [0, 0.05) is 49.4 Å². The molecule has 38 heavy (non-hydrogen) atoms. The molecule has 2 aliphatic rings. The van der Waals surface area contributed by atoms with Crippen LogP contribution in [0.1, 0.15) is 37.2 Å². The van der Waals surface area contributed by atoms with Gasteiger partial charge in [0.05, 0.1) is 11.7 Å². The number of para-hydroxylation sites is 1. The standard InChI is InChI=1S/C28H27F2N7O/c1-31-28(38)17-8-11-37(12-9-17)27-24-19(16-5-6-16)14-32-15-22(24)34-26(36-27)18-7-10-33-23(13-18)35-25-20(29)3-2-4-21(25)30/h2-4,7,10,13-17H,5-6,8-9,11-12H2,1H3,(H,31,38)(H,33,35). The Balaban J connectivity index is 1.40. The largest absolute Gasteiger partial charge is 0.359 e. The molecule has 0 atom stereocenters. The van der Waals surface area contributed by atoms with Gasteiger partial charge in [-0.1, -0.05) is 6.07 Å². The van der Waals surface area contributed by atoms with E-state index < -0.39 is 11.6 Å². The van der Waals surface area contributed by atoms with Crippen molar-refractivity contribution in [2.45, 2.75) is 31.6 Å². The van der Waals surface area contributed by atoms with Crippen LogP contribution in [-0.4, -0.2) is 46.0 Å². The van der Waals surface area contributed by atoms with E-state index >= 15 is 0 Å². The first-order chi connectivity index (χ1) is 18.5. The Morgan fingerprint density at radius 3 is 2.50 bits per heavy atom. The number of pyridine rings is 2. The zero-order chi connectivity index (χ0) is 26.2. The second kappa shape index (κ2) is 9.92. The summed E-state index contributed by atoms with van der Waals surface area (Å²) in [6, 6.07) is 7.12. The van der Waals surface area contributed by atoms with Gasteiger partial charge in [0.15, 0.2) is 5.82 Å². The zero-order valence-electron chi connectivity index (χ0n) is 20.9. The van der Waals surface area contributed by atoms with E-state index in [1.807, 2.05) is 6.20 Å². The molecule has 1 amide bonds. The predicted octanol–water partition coefficient (Wildman–Crippen LogP) is 4.95. The maximum absolute atomic E-state index is 14.2. The highest BCUT2D eigenvalue weighted by Gasteiger charge is 2.31. The summed E-state index contributed by atoms with van der Waals surface area (Å²) in [7, 11) is 1.67. The Morgan fingerprint density at radius 2 is 1.79 bits per heavy atom. The summed E-state index contributed by atoms with van der Waals surface area (Å²) in [5.74, 6) is 0.667. The van der Waals surface area contributed by atoms with E-state index in [1.54, 1.807) is 31.6 Å². The van der Waals surface area contributed by atoms with Gasteiger partial charge in [-0.2, -0.15) is 0 Å². The van der Waals surface area contributed by atoms with Crippen molar-refractivity contribution in [1.82, 2.24) is 25.3 Å². The fourth-order valence-electron chi connectivity index (χ4n) is 5.09. The number of nitrogens with zero attached hydrogens (tertiary/aromatic N) is 5. The first-order valence-electron chi connectivity index (χ1n) is 12.8. The molecule has 1 saturated heterocycles. The Labute approximate surface area is 218 Å². The number of piperidine rings is 1. The van der Waals surface area contributed by atoms with E-state index in [0.29, 0.717) is 30.4 Å². The molecular weight excluding hydrogens is 488 g/mol. The molecule has 0 unspecified atom stereocenters. The Hall–Kier alpha value is -4.21. The molecule has 0 radical (unpaired) electrons. The van der Waals surface area contributed by atoms with Crippen LogP contribution in [0.15, 0.2) is 48.9 Å². The number of rotatable bonds is 6. The third-order valence-corrected chi connectivity index (χ3v) is 7.28. The number of anilines is 3. The lowest BCUT2D eigenvalue weighted by Crippen LogP contribution is -2.40. The smallest absolute Gasteiger partial charge is 0.222 e. The van der Waals surface area contributed by atoms with Crippen LogP contribution in [0.3, 0.4) is 0 Å². The van der Waals surface area contributed by atoms with Gasteiger partial charge < -0.3 is 15.5 Å². The minimum atomic E-state index is -0.708. The van der Waals surface area contributed by atoms with Crippen LogP contribution in [0.4, 0.5) is 26.1 Å². The van der Waals surface area contributed by atoms with Crippen molar-refractivity contribution in [3.8, 4) is 11.4 Å². The molecular formula is C28H27F2N7O. The third kappa shape index (κ3) is 4.62. The molecule has 1 aromatic carbocycles. The Kier molecular flexibility index (Phi) is 6.30. The van der Waals surface area contributed by atoms with Gasteiger partial charge in [0.25, 0.3) is 0 Å². The zero-order valence-corrected chi connectivity index (χ0v) is 20.9. The maximum atomic E-state index is 14.2. The molecule has 1 aliphatic heterocycles. The van der Waals surface area contributed by atoms with Crippen molar-refractivity contribution < 1.29 is 13.6 Å². The summed E-state index contributed by atoms with van der Waals surface area (Å²) in [6.07, 6.45) is 8.93. The Morgan fingerprint density at radius 1 is 1.03 bits per heavy atom. The number of fused-ring (bicyclic) bond motifs is 1. The van der Waals surface area contributed by atoms with Crippen LogP contribution in [0.2, 0.25) is 0 Å². The minimum Gasteiger partial charge on any atom is -0.359 e. The predicted molar refractivity (Wildman–Crippen MR) is 141 cm³/mol. The molecule has 6 rings (SSSR count). The lowest BCUT2D eigenvalue weighted by molar-refractivity contribution is -0.125. The van der Waals surface area contributed by atoms with Crippen LogP contribution in [0.25, 0.3) is 22.3 Å². The SMILES string of the molecule is CNC(=O)C1CCN(c2nc(-c3ccnc(Nc4c(F)cccc4F)c3)nc3cncc(C4CC4)c23)CC1. The second-order valence-corrected chi connectivity index (χ2v) is 9.79. The van der Waals surface area contributed by atoms with Gasteiger partial charge >= 0.3 is 0 Å². The van der Waals surface area contributed by atoms with Crippen molar-refractivity contribution in [3.05, 3.63) is 66.1 Å². The third-order valence-electron chi connectivity index (χ3n) is 7.28. The molecule has 1 saturated carbocycles. The molecule has 2 fully saturated rings. The highest BCUT2D eigenvalue weighted by atomic mass is 19.1. The van der Waals surface area contributed by atoms with E-state index in [9.17, 15) is 13.6 Å². The summed E-state index contributed by atoms with van der Waals surface area (Å²) >= 11 is 0. The van der Waals surface area contributed by atoms with E-state index in [1.165, 1.54) is 18.2 Å². The van der Waals surface area contributed by atoms with Gasteiger partial charge in [-0.05, 0) is 61.4 Å². The molecule has 10 heteroatoms. The molecule has 8 nitrogen and oxygen atoms in total. The first-order valence-corrected chi connectivity index (χ1v) is 12.8. The van der Waals surface area contributed by atoms with E-state index in [0.717, 1.165) is 48.0 Å². The van der Waals surface area contributed by atoms with Gasteiger partial charge in [-0.3, -0.25) is 9.78 Å². The first kappa shape index (κ1) is 24.1. The number of halogens is 2. The molecule has 0 spiro atoms. The molecule has 4 heterocycles. The molecule has 1 aliphatic carbocycles. The summed E-state index contributed by atoms with van der Waals surface area (Å²) in [5.41, 5.74) is 2.29. The molecule has 3 aromatic heterocycles. The highest BCUT2D eigenvalue weighted by molar-refractivity contribution is 5.94. The van der Waals surface area contributed by atoms with E-state index in [-0.39, 0.29) is 23.3 Å². The van der Waals surface area contributed by atoms with Gasteiger partial charge in [-0.25, -0.2) is 23.7 Å². The van der Waals surface area contributed by atoms with Gasteiger partial charge in [0.2, 0.25) is 5.91 Å². The van der Waals surface area contributed by atoms with Crippen LogP contribution in [0.5, 0.6) is 0 Å². The monoisotopic (exact) mass is 515 g/mol. The summed E-state index contributed by atoms with van der Waals surface area (Å²) in [4.78, 5) is 33.0. The van der Waals surface area contributed by atoms with Crippen LogP contribution < -0.4 is 15.5 Å². The number of carbonyl (C=O) groups excluding carboxylic acids is 1. The number of hydrogen-bond donors (Lipinski definition) is 2. The summed E-state index contributed by atoms with van der Waals surface area (Å²) < 4.78 is 28.4. The number of benzene rings is 1. The van der Waals surface area contributed by atoms with E-state index in [4.69, 9.17) is 9.97 Å². The molecule has 2 N–H and O–H groups in total. The number of aromatic nitrogens is 4. The van der Waals surface area contributed by atoms with Gasteiger partial charge in [0.1, 0.15) is 29.0 Å². The molecule has 0 bridgehead atoms. The van der Waals surface area contributed by atoms with Crippen molar-refractivity contribution >= 4 is 34.1 Å². The number of amides is 1. The average Bonchev–Trinajstić information content (AvgIpc) is 3.80. The summed E-state index contributed by atoms with van der Waals surface area (Å²) in [5, 5.41) is 6.51. The average molecular weight is 516 g/mol. The Bertz CT molecular complexity index is 1500. The highest BCUT2D eigenvalue weighted by Crippen LogP contribution is 2.45. The molecule has 4 aromatic rings. The van der Waals surface area contributed by atoms with Crippen LogP contribution in [0, 0.1) is 17.6 Å². The van der Waals surface area contributed by atoms with Crippen LogP contribution >= 0.6 is 0 Å². The fraction of sp³-hybridized carbons (Fsp3) is 0.321. The minimum absolute atomic E-state index is 0.0130. The second-order valence-electron chi connectivity index (χ2n) is 9.79.